The maximum Gasteiger partial charge on any atom is 0.330 e. The van der Waals surface area contributed by atoms with E-state index in [9.17, 15) is 14.4 Å². The number of anilines is 2. The lowest BCUT2D eigenvalue weighted by Crippen LogP contribution is -2.41. The summed E-state index contributed by atoms with van der Waals surface area (Å²) < 4.78 is 1.36. The van der Waals surface area contributed by atoms with E-state index in [0.29, 0.717) is 23.9 Å². The quantitative estimate of drug-likeness (QED) is 0.700. The van der Waals surface area contributed by atoms with Crippen LogP contribution in [-0.2, 0) is 19.4 Å². The number of nitrogens with two attached hydrogens (primary N) is 1. The van der Waals surface area contributed by atoms with Crippen molar-refractivity contribution < 1.29 is 4.79 Å². The van der Waals surface area contributed by atoms with Crippen LogP contribution in [0.3, 0.4) is 0 Å². The van der Waals surface area contributed by atoms with Crippen LogP contribution < -0.4 is 21.9 Å². The van der Waals surface area contributed by atoms with Gasteiger partial charge in [0.25, 0.3) is 11.5 Å². The van der Waals surface area contributed by atoms with E-state index in [-0.39, 0.29) is 23.3 Å². The molecule has 0 spiro atoms. The Labute approximate surface area is 180 Å². The maximum atomic E-state index is 13.5. The molecule has 3 rings (SSSR count). The molecule has 1 aliphatic carbocycles. The van der Waals surface area contributed by atoms with Crippen LogP contribution in [0.15, 0.2) is 15.7 Å². The Kier molecular flexibility index (Phi) is 6.85. The van der Waals surface area contributed by atoms with Gasteiger partial charge in [-0.25, -0.2) is 4.79 Å². The summed E-state index contributed by atoms with van der Waals surface area (Å²) in [4.78, 5) is 44.3. The third kappa shape index (κ3) is 4.53. The first-order valence-electron chi connectivity index (χ1n) is 10.8. The molecule has 1 atom stereocenters. The van der Waals surface area contributed by atoms with Crippen LogP contribution in [0.1, 0.15) is 67.1 Å². The molecule has 0 bridgehead atoms. The van der Waals surface area contributed by atoms with Gasteiger partial charge in [0.1, 0.15) is 5.82 Å². The van der Waals surface area contributed by atoms with Gasteiger partial charge in [-0.2, -0.15) is 0 Å². The van der Waals surface area contributed by atoms with E-state index in [1.54, 1.807) is 0 Å². The van der Waals surface area contributed by atoms with E-state index in [2.05, 4.69) is 11.9 Å². The number of unbranched alkanes of at least 4 members (excludes halogenated alkanes) is 1. The number of aromatic amines is 1. The number of thiophene rings is 1. The predicted octanol–water partition coefficient (Wildman–Crippen LogP) is 3.41. The molecule has 0 radical (unpaired) electrons. The first-order valence-corrected chi connectivity index (χ1v) is 11.6. The Morgan fingerprint density at radius 3 is 2.80 bits per heavy atom. The number of nitrogens with zero attached hydrogens (tertiary/aromatic N) is 2. The smallest absolute Gasteiger partial charge is 0.330 e. The maximum absolute atomic E-state index is 13.5. The average Bonchev–Trinajstić information content (AvgIpc) is 3.10. The molecular weight excluding hydrogens is 400 g/mol. The number of hydrogen-bond acceptors (Lipinski definition) is 5. The van der Waals surface area contributed by atoms with Crippen LogP contribution in [0.25, 0.3) is 0 Å². The van der Waals surface area contributed by atoms with E-state index in [0.717, 1.165) is 32.1 Å². The fourth-order valence-electron chi connectivity index (χ4n) is 3.96. The Morgan fingerprint density at radius 2 is 2.13 bits per heavy atom. The minimum absolute atomic E-state index is 0.0526. The minimum atomic E-state index is -0.614. The first kappa shape index (κ1) is 22.3. The van der Waals surface area contributed by atoms with Crippen molar-refractivity contribution in [2.24, 2.45) is 11.8 Å². The SMILES string of the molecule is CCCCN(C(=O)c1cc2c(s1)CCC(C)C2)c1c(N)n(CC(C)C)c(=O)[nH]c1=O. The molecule has 8 heteroatoms. The van der Waals surface area contributed by atoms with Crippen LogP contribution in [-0.4, -0.2) is 22.0 Å². The van der Waals surface area contributed by atoms with Crippen LogP contribution in [0.4, 0.5) is 11.5 Å². The number of hydrogen-bond donors (Lipinski definition) is 2. The molecule has 0 fully saturated rings. The van der Waals surface area contributed by atoms with Gasteiger partial charge in [0, 0.05) is 18.0 Å². The van der Waals surface area contributed by atoms with Crippen molar-refractivity contribution in [3.63, 3.8) is 0 Å². The summed E-state index contributed by atoms with van der Waals surface area (Å²) in [5, 5.41) is 0. The number of nitrogens with one attached hydrogen (secondary N) is 1. The van der Waals surface area contributed by atoms with Gasteiger partial charge in [0.05, 0.1) is 4.88 Å². The Bertz CT molecular complexity index is 1030. The number of fused-ring (bicyclic) bond motifs is 1. The number of aromatic nitrogens is 2. The van der Waals surface area contributed by atoms with Gasteiger partial charge >= 0.3 is 5.69 Å². The zero-order valence-corrected chi connectivity index (χ0v) is 19.1. The highest BCUT2D eigenvalue weighted by atomic mass is 32.1. The molecule has 0 aliphatic heterocycles. The summed E-state index contributed by atoms with van der Waals surface area (Å²) >= 11 is 1.52. The highest BCUT2D eigenvalue weighted by Gasteiger charge is 2.28. The molecule has 2 aromatic heterocycles. The second-order valence-electron chi connectivity index (χ2n) is 8.71. The lowest BCUT2D eigenvalue weighted by atomic mass is 9.90. The topological polar surface area (TPSA) is 101 Å². The summed E-state index contributed by atoms with van der Waals surface area (Å²) in [5.74, 6) is 0.609. The van der Waals surface area contributed by atoms with Crippen molar-refractivity contribution in [1.29, 1.82) is 0 Å². The number of carbonyl (C=O) groups is 1. The summed E-state index contributed by atoms with van der Waals surface area (Å²) in [6.45, 7) is 8.94. The van der Waals surface area contributed by atoms with E-state index >= 15 is 0 Å². The Balaban J connectivity index is 2.06. The molecule has 2 aromatic rings. The third-order valence-electron chi connectivity index (χ3n) is 5.55. The number of nitrogen functional groups attached to an aromatic ring is 1. The molecule has 3 N–H and O–H groups in total. The van der Waals surface area contributed by atoms with Crippen molar-refractivity contribution in [3.8, 4) is 0 Å². The highest BCUT2D eigenvalue weighted by Crippen LogP contribution is 2.33. The van der Waals surface area contributed by atoms with Crippen LogP contribution >= 0.6 is 11.3 Å². The molecule has 0 aromatic carbocycles. The molecule has 30 heavy (non-hydrogen) atoms. The first-order chi connectivity index (χ1) is 14.2. The standard InChI is InChI=1S/C22H32N4O3S/c1-5-6-9-25(18-19(23)26(12-13(2)3)22(29)24-20(18)27)21(28)17-11-15-10-14(4)7-8-16(15)30-17/h11,13-14H,5-10,12,23H2,1-4H3,(H,24,27,29). The number of rotatable bonds is 7. The minimum Gasteiger partial charge on any atom is -0.383 e. The highest BCUT2D eigenvalue weighted by molar-refractivity contribution is 7.14. The van der Waals surface area contributed by atoms with Crippen LogP contribution in [0.5, 0.6) is 0 Å². The number of amides is 1. The number of H-pyrrole nitrogens is 1. The average molecular weight is 433 g/mol. The zero-order valence-electron chi connectivity index (χ0n) is 18.3. The van der Waals surface area contributed by atoms with Gasteiger partial charge in [-0.15, -0.1) is 11.3 Å². The molecule has 0 saturated heterocycles. The molecule has 2 heterocycles. The van der Waals surface area contributed by atoms with E-state index in [1.807, 2.05) is 26.8 Å². The normalized spacial score (nSPS) is 16.0. The van der Waals surface area contributed by atoms with Crippen LogP contribution in [0, 0.1) is 11.8 Å². The van der Waals surface area contributed by atoms with Gasteiger partial charge < -0.3 is 5.73 Å². The van der Waals surface area contributed by atoms with Crippen molar-refractivity contribution in [3.05, 3.63) is 42.2 Å². The third-order valence-corrected chi connectivity index (χ3v) is 6.78. The lowest BCUT2D eigenvalue weighted by Gasteiger charge is -2.24. The summed E-state index contributed by atoms with van der Waals surface area (Å²) in [7, 11) is 0. The summed E-state index contributed by atoms with van der Waals surface area (Å²) in [6, 6.07) is 1.98. The Hall–Kier alpha value is -2.35. The van der Waals surface area contributed by atoms with E-state index < -0.39 is 11.2 Å². The van der Waals surface area contributed by atoms with Crippen molar-refractivity contribution in [2.45, 2.75) is 66.3 Å². The molecular formula is C22H32N4O3S. The molecule has 1 amide bonds. The number of aryl methyl sites for hydroxylation is 1. The summed E-state index contributed by atoms with van der Waals surface area (Å²) in [6.07, 6.45) is 4.71. The van der Waals surface area contributed by atoms with Gasteiger partial charge in [0.2, 0.25) is 0 Å². The van der Waals surface area contributed by atoms with E-state index in [4.69, 9.17) is 5.73 Å². The van der Waals surface area contributed by atoms with E-state index in [1.165, 1.54) is 31.2 Å². The molecule has 7 nitrogen and oxygen atoms in total. The molecule has 0 saturated carbocycles. The monoisotopic (exact) mass is 432 g/mol. The summed E-state index contributed by atoms with van der Waals surface area (Å²) in [5.41, 5.74) is 6.45. The molecule has 1 unspecified atom stereocenters. The fourth-order valence-corrected chi connectivity index (χ4v) is 5.12. The molecule has 1 aliphatic rings. The number of carbonyl (C=O) groups excluding carboxylic acids is 1. The lowest BCUT2D eigenvalue weighted by molar-refractivity contribution is 0.0990. The van der Waals surface area contributed by atoms with Crippen molar-refractivity contribution >= 4 is 28.7 Å². The zero-order chi connectivity index (χ0) is 22.0. The second-order valence-corrected chi connectivity index (χ2v) is 9.85. The fraction of sp³-hybridized carbons (Fsp3) is 0.591. The predicted molar refractivity (Wildman–Crippen MR) is 123 cm³/mol. The second kappa shape index (κ2) is 9.20. The Morgan fingerprint density at radius 1 is 1.40 bits per heavy atom. The van der Waals surface area contributed by atoms with Gasteiger partial charge in [-0.3, -0.25) is 24.0 Å². The largest absolute Gasteiger partial charge is 0.383 e. The van der Waals surface area contributed by atoms with Gasteiger partial charge in [-0.05, 0) is 49.1 Å². The van der Waals surface area contributed by atoms with Crippen molar-refractivity contribution in [1.82, 2.24) is 9.55 Å². The van der Waals surface area contributed by atoms with Gasteiger partial charge in [0.15, 0.2) is 5.69 Å². The van der Waals surface area contributed by atoms with Crippen molar-refractivity contribution in [2.75, 3.05) is 17.2 Å². The molecule has 164 valence electrons. The van der Waals surface area contributed by atoms with Gasteiger partial charge in [-0.1, -0.05) is 34.1 Å². The van der Waals surface area contributed by atoms with Crippen LogP contribution in [0.2, 0.25) is 0 Å².